The van der Waals surface area contributed by atoms with Gasteiger partial charge in [0.2, 0.25) is 15.9 Å². The van der Waals surface area contributed by atoms with Crippen LogP contribution in [0.1, 0.15) is 19.4 Å². The third-order valence-corrected chi connectivity index (χ3v) is 3.77. The molecule has 0 unspecified atom stereocenters. The number of nitrogen functional groups attached to an aromatic ring is 1. The summed E-state index contributed by atoms with van der Waals surface area (Å²) in [7, 11) is -3.55. The van der Waals surface area contributed by atoms with Crippen molar-refractivity contribution < 1.29 is 13.2 Å². The SMILES string of the molecule is CC(C)CNC(=O)CNS(=O)(=O)Cc1cccc(N)c1. The highest BCUT2D eigenvalue weighted by molar-refractivity contribution is 7.88. The summed E-state index contributed by atoms with van der Waals surface area (Å²) in [5.41, 5.74) is 6.68. The number of sulfonamides is 1. The molecule has 0 saturated heterocycles. The van der Waals surface area contributed by atoms with Crippen molar-refractivity contribution in [3.05, 3.63) is 29.8 Å². The van der Waals surface area contributed by atoms with Crippen molar-refractivity contribution >= 4 is 21.6 Å². The fourth-order valence-corrected chi connectivity index (χ4v) is 2.58. The second-order valence-corrected chi connectivity index (χ2v) is 6.83. The Hall–Kier alpha value is -1.60. The molecule has 0 saturated carbocycles. The zero-order valence-electron chi connectivity index (χ0n) is 11.7. The van der Waals surface area contributed by atoms with Gasteiger partial charge >= 0.3 is 0 Å². The van der Waals surface area contributed by atoms with Crippen LogP contribution in [-0.2, 0) is 20.6 Å². The molecule has 1 amide bonds. The number of nitrogens with two attached hydrogens (primary N) is 1. The molecule has 0 aliphatic heterocycles. The van der Waals surface area contributed by atoms with E-state index < -0.39 is 10.0 Å². The third-order valence-electron chi connectivity index (χ3n) is 2.47. The molecule has 1 aromatic rings. The number of anilines is 1. The molecule has 1 rings (SSSR count). The van der Waals surface area contributed by atoms with E-state index in [1.807, 2.05) is 13.8 Å². The van der Waals surface area contributed by atoms with Crippen molar-refractivity contribution in [2.45, 2.75) is 19.6 Å². The number of rotatable bonds is 7. The van der Waals surface area contributed by atoms with Crippen molar-refractivity contribution in [2.75, 3.05) is 18.8 Å². The van der Waals surface area contributed by atoms with Gasteiger partial charge in [-0.3, -0.25) is 4.79 Å². The van der Waals surface area contributed by atoms with Crippen LogP contribution in [0.5, 0.6) is 0 Å². The molecule has 0 bridgehead atoms. The first-order chi connectivity index (χ1) is 9.28. The van der Waals surface area contributed by atoms with Crippen molar-refractivity contribution in [1.29, 1.82) is 0 Å². The summed E-state index contributed by atoms with van der Waals surface area (Å²) in [6.45, 7) is 4.20. The van der Waals surface area contributed by atoms with Crippen LogP contribution in [0.4, 0.5) is 5.69 Å². The van der Waals surface area contributed by atoms with E-state index in [1.165, 1.54) is 0 Å². The van der Waals surface area contributed by atoms with Gasteiger partial charge in [-0.05, 0) is 23.6 Å². The molecule has 20 heavy (non-hydrogen) atoms. The zero-order chi connectivity index (χ0) is 15.2. The Morgan fingerprint density at radius 3 is 2.65 bits per heavy atom. The summed E-state index contributed by atoms with van der Waals surface area (Å²) in [4.78, 5) is 11.4. The molecule has 6 nitrogen and oxygen atoms in total. The maximum absolute atomic E-state index is 11.8. The maximum atomic E-state index is 11.8. The Kier molecular flexibility index (Phi) is 5.97. The molecule has 112 valence electrons. The van der Waals surface area contributed by atoms with Gasteiger partial charge in [0.1, 0.15) is 0 Å². The average Bonchev–Trinajstić information content (AvgIpc) is 2.33. The van der Waals surface area contributed by atoms with E-state index in [4.69, 9.17) is 5.73 Å². The molecule has 0 aliphatic carbocycles. The molecule has 0 aliphatic rings. The molecule has 0 radical (unpaired) electrons. The molecular formula is C13H21N3O3S. The molecule has 0 fully saturated rings. The number of carbonyl (C=O) groups is 1. The monoisotopic (exact) mass is 299 g/mol. The second kappa shape index (κ2) is 7.25. The Morgan fingerprint density at radius 1 is 1.35 bits per heavy atom. The standard InChI is InChI=1S/C13H21N3O3S/c1-10(2)7-15-13(17)8-16-20(18,19)9-11-4-3-5-12(14)6-11/h3-6,10,16H,7-9,14H2,1-2H3,(H,15,17). The highest BCUT2D eigenvalue weighted by Gasteiger charge is 2.13. The number of carbonyl (C=O) groups excluding carboxylic acids is 1. The van der Waals surface area contributed by atoms with E-state index in [2.05, 4.69) is 10.0 Å². The summed E-state index contributed by atoms with van der Waals surface area (Å²) in [5, 5.41) is 2.64. The van der Waals surface area contributed by atoms with Crippen LogP contribution in [-0.4, -0.2) is 27.4 Å². The average molecular weight is 299 g/mol. The number of hydrogen-bond acceptors (Lipinski definition) is 4. The minimum Gasteiger partial charge on any atom is -0.399 e. The van der Waals surface area contributed by atoms with E-state index in [0.717, 1.165) is 0 Å². The zero-order valence-corrected chi connectivity index (χ0v) is 12.5. The van der Waals surface area contributed by atoms with Gasteiger partial charge in [-0.2, -0.15) is 0 Å². The van der Waals surface area contributed by atoms with E-state index >= 15 is 0 Å². The molecule has 1 aromatic carbocycles. The van der Waals surface area contributed by atoms with Gasteiger partial charge in [0, 0.05) is 12.2 Å². The fraction of sp³-hybridized carbons (Fsp3) is 0.462. The van der Waals surface area contributed by atoms with Gasteiger partial charge in [-0.1, -0.05) is 26.0 Å². The normalized spacial score (nSPS) is 11.6. The lowest BCUT2D eigenvalue weighted by molar-refractivity contribution is -0.120. The molecule has 0 spiro atoms. The Balaban J connectivity index is 2.48. The first kappa shape index (κ1) is 16.5. The van der Waals surface area contributed by atoms with Crippen LogP contribution >= 0.6 is 0 Å². The summed E-state index contributed by atoms with van der Waals surface area (Å²) < 4.78 is 25.9. The largest absolute Gasteiger partial charge is 0.399 e. The van der Waals surface area contributed by atoms with E-state index in [1.54, 1.807) is 24.3 Å². The van der Waals surface area contributed by atoms with Gasteiger partial charge in [0.15, 0.2) is 0 Å². The third kappa shape index (κ3) is 6.53. The van der Waals surface area contributed by atoms with Gasteiger partial charge in [0.25, 0.3) is 0 Å². The number of amides is 1. The molecule has 0 heterocycles. The summed E-state index contributed by atoms with van der Waals surface area (Å²) in [5.74, 6) is -0.215. The van der Waals surface area contributed by atoms with Crippen LogP contribution in [0.3, 0.4) is 0 Å². The van der Waals surface area contributed by atoms with E-state index in [-0.39, 0.29) is 18.2 Å². The lowest BCUT2D eigenvalue weighted by Gasteiger charge is -2.09. The van der Waals surface area contributed by atoms with Crippen molar-refractivity contribution in [1.82, 2.24) is 10.0 Å². The first-order valence-corrected chi connectivity index (χ1v) is 8.02. The summed E-state index contributed by atoms with van der Waals surface area (Å²) in [6, 6.07) is 6.64. The van der Waals surface area contributed by atoms with E-state index in [0.29, 0.717) is 23.7 Å². The fourth-order valence-electron chi connectivity index (χ4n) is 1.51. The quantitative estimate of drug-likeness (QED) is 0.637. The Bertz CT molecular complexity index is 556. The topological polar surface area (TPSA) is 101 Å². The first-order valence-electron chi connectivity index (χ1n) is 6.37. The second-order valence-electron chi connectivity index (χ2n) is 5.02. The Morgan fingerprint density at radius 2 is 2.05 bits per heavy atom. The molecular weight excluding hydrogens is 278 g/mol. The minimum absolute atomic E-state index is 0.199. The van der Waals surface area contributed by atoms with Crippen molar-refractivity contribution in [2.24, 2.45) is 5.92 Å². The van der Waals surface area contributed by atoms with Crippen LogP contribution in [0.2, 0.25) is 0 Å². The molecule has 7 heteroatoms. The van der Waals surface area contributed by atoms with Crippen LogP contribution in [0, 0.1) is 5.92 Å². The maximum Gasteiger partial charge on any atom is 0.235 e. The smallest absolute Gasteiger partial charge is 0.235 e. The number of hydrogen-bond donors (Lipinski definition) is 3. The molecule has 0 aromatic heterocycles. The van der Waals surface area contributed by atoms with Crippen LogP contribution in [0.25, 0.3) is 0 Å². The summed E-state index contributed by atoms with van der Waals surface area (Å²) >= 11 is 0. The van der Waals surface area contributed by atoms with E-state index in [9.17, 15) is 13.2 Å². The predicted molar refractivity (Wildman–Crippen MR) is 79.3 cm³/mol. The highest BCUT2D eigenvalue weighted by Crippen LogP contribution is 2.09. The number of nitrogens with one attached hydrogen (secondary N) is 2. The number of benzene rings is 1. The van der Waals surface area contributed by atoms with Crippen molar-refractivity contribution in [3.8, 4) is 0 Å². The van der Waals surface area contributed by atoms with Crippen LogP contribution < -0.4 is 15.8 Å². The van der Waals surface area contributed by atoms with Crippen molar-refractivity contribution in [3.63, 3.8) is 0 Å². The molecule has 4 N–H and O–H groups in total. The minimum atomic E-state index is -3.55. The molecule has 0 atom stereocenters. The van der Waals surface area contributed by atoms with Gasteiger partial charge in [-0.15, -0.1) is 0 Å². The van der Waals surface area contributed by atoms with Crippen LogP contribution in [0.15, 0.2) is 24.3 Å². The van der Waals surface area contributed by atoms with Gasteiger partial charge < -0.3 is 11.1 Å². The lowest BCUT2D eigenvalue weighted by atomic mass is 10.2. The van der Waals surface area contributed by atoms with Gasteiger partial charge in [0.05, 0.1) is 12.3 Å². The Labute approximate surface area is 119 Å². The highest BCUT2D eigenvalue weighted by atomic mass is 32.2. The predicted octanol–water partition coefficient (Wildman–Crippen LogP) is 0.460. The lowest BCUT2D eigenvalue weighted by Crippen LogP contribution is -2.38. The summed E-state index contributed by atoms with van der Waals surface area (Å²) in [6.07, 6.45) is 0. The van der Waals surface area contributed by atoms with Gasteiger partial charge in [-0.25, -0.2) is 13.1 Å².